The molecule has 6 heteroatoms. The number of hydrogen-bond donors (Lipinski definition) is 0. The van der Waals surface area contributed by atoms with E-state index in [1.54, 1.807) is 30.3 Å². The van der Waals surface area contributed by atoms with Crippen LogP contribution in [0, 0.1) is 0 Å². The topological polar surface area (TPSA) is 82.8 Å². The van der Waals surface area contributed by atoms with Crippen molar-refractivity contribution >= 4 is 22.9 Å². The molecule has 0 saturated heterocycles. The van der Waals surface area contributed by atoms with E-state index in [2.05, 4.69) is 0 Å². The average Bonchev–Trinajstić information content (AvgIpc) is 2.54. The highest BCUT2D eigenvalue weighted by molar-refractivity contribution is 5.83. The fraction of sp³-hybridized carbons (Fsp3) is 0.105. The van der Waals surface area contributed by atoms with E-state index in [9.17, 15) is 14.4 Å². The van der Waals surface area contributed by atoms with Crippen molar-refractivity contribution in [1.29, 1.82) is 0 Å². The van der Waals surface area contributed by atoms with Crippen LogP contribution in [-0.4, -0.2) is 11.9 Å². The van der Waals surface area contributed by atoms with Gasteiger partial charge in [0.15, 0.2) is 5.43 Å². The van der Waals surface area contributed by atoms with Gasteiger partial charge in [0.05, 0.1) is 10.9 Å². The summed E-state index contributed by atoms with van der Waals surface area (Å²) in [4.78, 5) is 34.8. The molecule has 0 amide bonds. The number of carbonyl (C=O) groups excluding carboxylic acids is 2. The Bertz CT molecular complexity index is 1030. The molecule has 0 aliphatic rings. The predicted octanol–water partition coefficient (Wildman–Crippen LogP) is 3.31. The zero-order valence-electron chi connectivity index (χ0n) is 13.6. The number of benzene rings is 2. The lowest BCUT2D eigenvalue weighted by Crippen LogP contribution is -2.06. The number of hydrogen-bond acceptors (Lipinski definition) is 6. The molecule has 3 aromatic rings. The molecule has 0 atom stereocenters. The standard InChI is InChI=1S/C19H14O6/c1-11(20)24-14-5-3-4-13(8-14)17-10-23-18-9-15(25-12(2)21)6-7-16(18)19(17)22/h3-10H,1-2H3. The van der Waals surface area contributed by atoms with Crippen molar-refractivity contribution < 1.29 is 23.5 Å². The van der Waals surface area contributed by atoms with Crippen LogP contribution in [-0.2, 0) is 9.59 Å². The Balaban J connectivity index is 2.06. The van der Waals surface area contributed by atoms with Crippen LogP contribution in [0.5, 0.6) is 11.5 Å². The summed E-state index contributed by atoms with van der Waals surface area (Å²) in [5.74, 6) is -0.260. The fourth-order valence-corrected chi connectivity index (χ4v) is 2.43. The molecule has 0 spiro atoms. The summed E-state index contributed by atoms with van der Waals surface area (Å²) in [6.45, 7) is 2.59. The Hall–Kier alpha value is -3.41. The number of fused-ring (bicyclic) bond motifs is 1. The minimum Gasteiger partial charge on any atom is -0.463 e. The van der Waals surface area contributed by atoms with Crippen molar-refractivity contribution in [3.05, 3.63) is 59.0 Å². The highest BCUT2D eigenvalue weighted by atomic mass is 16.5. The molecule has 0 unspecified atom stereocenters. The third kappa shape index (κ3) is 3.58. The SMILES string of the molecule is CC(=O)Oc1cccc(-c2coc3cc(OC(C)=O)ccc3c2=O)c1. The first-order valence-electron chi connectivity index (χ1n) is 7.47. The molecule has 0 aliphatic carbocycles. The first-order valence-corrected chi connectivity index (χ1v) is 7.47. The predicted molar refractivity (Wildman–Crippen MR) is 90.5 cm³/mol. The van der Waals surface area contributed by atoms with Gasteiger partial charge in [-0.25, -0.2) is 0 Å². The van der Waals surface area contributed by atoms with E-state index in [1.165, 1.54) is 32.2 Å². The second-order valence-electron chi connectivity index (χ2n) is 5.35. The quantitative estimate of drug-likeness (QED) is 0.538. The molecule has 0 bridgehead atoms. The maximum atomic E-state index is 12.7. The lowest BCUT2D eigenvalue weighted by Gasteiger charge is -2.06. The van der Waals surface area contributed by atoms with Gasteiger partial charge in [-0.15, -0.1) is 0 Å². The number of carbonyl (C=O) groups is 2. The molecule has 0 N–H and O–H groups in total. The third-order valence-electron chi connectivity index (χ3n) is 3.41. The van der Waals surface area contributed by atoms with Gasteiger partial charge in [0, 0.05) is 19.9 Å². The molecule has 1 aromatic heterocycles. The Morgan fingerprint density at radius 1 is 0.920 bits per heavy atom. The summed E-state index contributed by atoms with van der Waals surface area (Å²) in [6, 6.07) is 11.2. The van der Waals surface area contributed by atoms with Gasteiger partial charge in [0.25, 0.3) is 0 Å². The van der Waals surface area contributed by atoms with Crippen LogP contribution in [0.15, 0.2) is 57.9 Å². The Labute approximate surface area is 142 Å². The zero-order valence-corrected chi connectivity index (χ0v) is 13.6. The molecule has 1 heterocycles. The molecule has 0 aliphatic heterocycles. The second kappa shape index (κ2) is 6.60. The van der Waals surface area contributed by atoms with Gasteiger partial charge in [-0.3, -0.25) is 14.4 Å². The van der Waals surface area contributed by atoms with E-state index < -0.39 is 11.9 Å². The van der Waals surface area contributed by atoms with Crippen LogP contribution in [0.1, 0.15) is 13.8 Å². The number of rotatable bonds is 3. The van der Waals surface area contributed by atoms with Gasteiger partial charge in [0.1, 0.15) is 23.3 Å². The Morgan fingerprint density at radius 3 is 2.28 bits per heavy atom. The van der Waals surface area contributed by atoms with Crippen molar-refractivity contribution in [2.24, 2.45) is 0 Å². The first kappa shape index (κ1) is 16.4. The van der Waals surface area contributed by atoms with Crippen LogP contribution >= 0.6 is 0 Å². The molecular weight excluding hydrogens is 324 g/mol. The normalized spacial score (nSPS) is 10.5. The van der Waals surface area contributed by atoms with Gasteiger partial charge in [0.2, 0.25) is 0 Å². The average molecular weight is 338 g/mol. The van der Waals surface area contributed by atoms with E-state index in [0.29, 0.717) is 33.6 Å². The Kier molecular flexibility index (Phi) is 4.35. The maximum absolute atomic E-state index is 12.7. The second-order valence-corrected chi connectivity index (χ2v) is 5.35. The van der Waals surface area contributed by atoms with E-state index in [1.807, 2.05) is 0 Å². The van der Waals surface area contributed by atoms with Gasteiger partial charge in [-0.1, -0.05) is 12.1 Å². The van der Waals surface area contributed by atoms with E-state index >= 15 is 0 Å². The van der Waals surface area contributed by atoms with Crippen molar-refractivity contribution in [2.45, 2.75) is 13.8 Å². The van der Waals surface area contributed by atoms with Crippen molar-refractivity contribution in [3.63, 3.8) is 0 Å². The van der Waals surface area contributed by atoms with Gasteiger partial charge < -0.3 is 13.9 Å². The first-order chi connectivity index (χ1) is 11.9. The highest BCUT2D eigenvalue weighted by Crippen LogP contribution is 2.25. The minimum absolute atomic E-state index is 0.240. The molecule has 3 rings (SSSR count). The number of esters is 2. The van der Waals surface area contributed by atoms with Crippen LogP contribution in [0.4, 0.5) is 0 Å². The molecule has 2 aromatic carbocycles. The van der Waals surface area contributed by atoms with Crippen LogP contribution in [0.3, 0.4) is 0 Å². The molecule has 126 valence electrons. The van der Waals surface area contributed by atoms with E-state index in [4.69, 9.17) is 13.9 Å². The monoisotopic (exact) mass is 338 g/mol. The summed E-state index contributed by atoms with van der Waals surface area (Å²) in [5.41, 5.74) is 0.972. The summed E-state index contributed by atoms with van der Waals surface area (Å²) in [5, 5.41) is 0.353. The van der Waals surface area contributed by atoms with Crippen molar-refractivity contribution in [1.82, 2.24) is 0 Å². The maximum Gasteiger partial charge on any atom is 0.308 e. The van der Waals surface area contributed by atoms with Crippen LogP contribution in [0.2, 0.25) is 0 Å². The minimum atomic E-state index is -0.458. The Morgan fingerprint density at radius 2 is 1.60 bits per heavy atom. The summed E-state index contributed by atoms with van der Waals surface area (Å²) in [7, 11) is 0. The van der Waals surface area contributed by atoms with Gasteiger partial charge >= 0.3 is 11.9 Å². The van der Waals surface area contributed by atoms with Crippen molar-refractivity contribution in [3.8, 4) is 22.6 Å². The summed E-state index contributed by atoms with van der Waals surface area (Å²) < 4.78 is 15.5. The molecule has 25 heavy (non-hydrogen) atoms. The molecular formula is C19H14O6. The molecule has 6 nitrogen and oxygen atoms in total. The lowest BCUT2D eigenvalue weighted by molar-refractivity contribution is -0.132. The third-order valence-corrected chi connectivity index (χ3v) is 3.41. The molecule has 0 saturated carbocycles. The van der Waals surface area contributed by atoms with E-state index in [-0.39, 0.29) is 5.43 Å². The molecule has 0 fully saturated rings. The van der Waals surface area contributed by atoms with Gasteiger partial charge in [-0.05, 0) is 29.8 Å². The van der Waals surface area contributed by atoms with Gasteiger partial charge in [-0.2, -0.15) is 0 Å². The van der Waals surface area contributed by atoms with Crippen molar-refractivity contribution in [2.75, 3.05) is 0 Å². The fourth-order valence-electron chi connectivity index (χ4n) is 2.43. The van der Waals surface area contributed by atoms with Crippen LogP contribution < -0.4 is 14.9 Å². The highest BCUT2D eigenvalue weighted by Gasteiger charge is 2.12. The molecule has 0 radical (unpaired) electrons. The summed E-state index contributed by atoms with van der Waals surface area (Å²) in [6.07, 6.45) is 1.33. The largest absolute Gasteiger partial charge is 0.463 e. The van der Waals surface area contributed by atoms with E-state index in [0.717, 1.165) is 0 Å². The summed E-state index contributed by atoms with van der Waals surface area (Å²) >= 11 is 0. The smallest absolute Gasteiger partial charge is 0.308 e. The zero-order chi connectivity index (χ0) is 18.0. The number of ether oxygens (including phenoxy) is 2. The lowest BCUT2D eigenvalue weighted by atomic mass is 10.1. The van der Waals surface area contributed by atoms with Crippen LogP contribution in [0.25, 0.3) is 22.1 Å².